The summed E-state index contributed by atoms with van der Waals surface area (Å²) in [7, 11) is 3.85. The number of likely N-dealkylation sites (N-methyl/N-ethyl adjacent to an activating group) is 1. The van der Waals surface area contributed by atoms with Crippen LogP contribution in [0.1, 0.15) is 19.3 Å². The Kier molecular flexibility index (Phi) is 5.73. The number of para-hydroxylation sites is 2. The second-order valence-corrected chi connectivity index (χ2v) is 7.91. The van der Waals surface area contributed by atoms with Gasteiger partial charge in [0.25, 0.3) is 0 Å². The Balaban J connectivity index is 1.45. The van der Waals surface area contributed by atoms with E-state index in [1.54, 1.807) is 13.3 Å². The lowest BCUT2D eigenvalue weighted by Gasteiger charge is -2.39. The molecule has 1 aromatic carbocycles. The Bertz CT molecular complexity index is 821. The second-order valence-electron chi connectivity index (χ2n) is 7.91. The van der Waals surface area contributed by atoms with Gasteiger partial charge in [-0.3, -0.25) is 9.78 Å². The number of carbonyl (C=O) groups excluding carboxylic acids is 1. The number of aromatic nitrogens is 2. The first-order valence-corrected chi connectivity index (χ1v) is 10.1. The van der Waals surface area contributed by atoms with Crippen LogP contribution in [0.15, 0.2) is 30.5 Å². The first-order chi connectivity index (χ1) is 13.6. The normalized spacial score (nSPS) is 26.4. The minimum absolute atomic E-state index is 0.0423. The molecule has 2 fully saturated rings. The zero-order valence-corrected chi connectivity index (χ0v) is 16.7. The van der Waals surface area contributed by atoms with Crippen molar-refractivity contribution >= 4 is 22.8 Å². The lowest BCUT2D eigenvalue weighted by atomic mass is 9.82. The number of carbonyl (C=O) groups is 1. The quantitative estimate of drug-likeness (QED) is 0.871. The number of rotatable bonds is 4. The van der Waals surface area contributed by atoms with Crippen LogP contribution in [0.2, 0.25) is 0 Å². The molecule has 1 amide bonds. The van der Waals surface area contributed by atoms with Gasteiger partial charge < -0.3 is 19.9 Å². The van der Waals surface area contributed by atoms with Crippen molar-refractivity contribution in [2.45, 2.75) is 31.4 Å². The van der Waals surface area contributed by atoms with Gasteiger partial charge in [0.05, 0.1) is 29.4 Å². The van der Waals surface area contributed by atoms with E-state index < -0.39 is 0 Å². The number of amides is 1. The highest BCUT2D eigenvalue weighted by Gasteiger charge is 2.36. The fourth-order valence-corrected chi connectivity index (χ4v) is 4.30. The van der Waals surface area contributed by atoms with E-state index >= 15 is 0 Å². The van der Waals surface area contributed by atoms with Gasteiger partial charge in [-0.05, 0) is 38.4 Å². The fraction of sp³-hybridized carbons (Fsp3) is 0.571. The molecule has 1 aliphatic heterocycles. The van der Waals surface area contributed by atoms with E-state index in [1.807, 2.05) is 29.2 Å². The summed E-state index contributed by atoms with van der Waals surface area (Å²) in [6.07, 6.45) is 4.36. The van der Waals surface area contributed by atoms with Gasteiger partial charge in [-0.1, -0.05) is 12.1 Å². The molecule has 1 aromatic heterocycles. The van der Waals surface area contributed by atoms with Crippen LogP contribution >= 0.6 is 0 Å². The van der Waals surface area contributed by atoms with Crippen molar-refractivity contribution in [3.63, 3.8) is 0 Å². The number of benzene rings is 1. The van der Waals surface area contributed by atoms with Gasteiger partial charge in [-0.25, -0.2) is 4.98 Å². The SMILES string of the molecule is CO[C@@H]1CC[C@H](C(=O)N2CCN(C)CC2)C[C@H]1Nc1cnc2ccccc2n1. The van der Waals surface area contributed by atoms with Crippen LogP contribution in [-0.4, -0.2) is 78.2 Å². The molecule has 7 heteroatoms. The van der Waals surface area contributed by atoms with Crippen LogP contribution in [0, 0.1) is 5.92 Å². The zero-order valence-electron chi connectivity index (χ0n) is 16.7. The van der Waals surface area contributed by atoms with Crippen LogP contribution in [0.5, 0.6) is 0 Å². The van der Waals surface area contributed by atoms with Gasteiger partial charge in [-0.2, -0.15) is 0 Å². The van der Waals surface area contributed by atoms with E-state index in [0.717, 1.165) is 62.3 Å². The van der Waals surface area contributed by atoms with Crippen LogP contribution in [0.4, 0.5) is 5.82 Å². The number of methoxy groups -OCH3 is 1. The highest BCUT2D eigenvalue weighted by atomic mass is 16.5. The molecule has 0 bridgehead atoms. The van der Waals surface area contributed by atoms with Gasteiger partial charge in [-0.15, -0.1) is 0 Å². The molecule has 2 aliphatic rings. The summed E-state index contributed by atoms with van der Waals surface area (Å²) < 4.78 is 5.71. The van der Waals surface area contributed by atoms with E-state index in [4.69, 9.17) is 4.74 Å². The van der Waals surface area contributed by atoms with Gasteiger partial charge >= 0.3 is 0 Å². The molecule has 4 rings (SSSR count). The Morgan fingerprint density at radius 2 is 1.89 bits per heavy atom. The molecule has 150 valence electrons. The summed E-state index contributed by atoms with van der Waals surface area (Å²) in [5, 5.41) is 3.49. The standard InChI is InChI=1S/C21H29N5O2/c1-25-9-11-26(12-10-25)21(27)15-7-8-19(28-2)18(13-15)24-20-14-22-16-5-3-4-6-17(16)23-20/h3-6,14-15,18-19H,7-13H2,1-2H3,(H,23,24)/t15-,18+,19+/m0/s1. The number of nitrogens with one attached hydrogen (secondary N) is 1. The van der Waals surface area contributed by atoms with Gasteiger partial charge in [0.1, 0.15) is 5.82 Å². The maximum atomic E-state index is 13.0. The van der Waals surface area contributed by atoms with Crippen molar-refractivity contribution < 1.29 is 9.53 Å². The van der Waals surface area contributed by atoms with E-state index in [-0.39, 0.29) is 18.1 Å². The Morgan fingerprint density at radius 3 is 2.64 bits per heavy atom. The average Bonchev–Trinajstić information content (AvgIpc) is 2.73. The number of anilines is 1. The molecule has 2 heterocycles. The molecular formula is C21H29N5O2. The van der Waals surface area contributed by atoms with E-state index in [1.165, 1.54) is 0 Å². The molecule has 0 unspecified atom stereocenters. The fourth-order valence-electron chi connectivity index (χ4n) is 4.30. The Labute approximate surface area is 166 Å². The summed E-state index contributed by atoms with van der Waals surface area (Å²) in [6.45, 7) is 3.56. The molecule has 1 saturated heterocycles. The monoisotopic (exact) mass is 383 g/mol. The number of nitrogens with zero attached hydrogens (tertiary/aromatic N) is 4. The predicted molar refractivity (Wildman–Crippen MR) is 109 cm³/mol. The van der Waals surface area contributed by atoms with Crippen molar-refractivity contribution in [3.8, 4) is 0 Å². The van der Waals surface area contributed by atoms with Crippen molar-refractivity contribution in [2.75, 3.05) is 45.7 Å². The predicted octanol–water partition coefficient (Wildman–Crippen LogP) is 2.00. The first-order valence-electron chi connectivity index (χ1n) is 10.1. The third kappa shape index (κ3) is 4.10. The summed E-state index contributed by atoms with van der Waals surface area (Å²) >= 11 is 0. The molecule has 1 aliphatic carbocycles. The van der Waals surface area contributed by atoms with Crippen LogP contribution in [0.3, 0.4) is 0 Å². The van der Waals surface area contributed by atoms with E-state index in [2.05, 4.69) is 27.2 Å². The van der Waals surface area contributed by atoms with Crippen molar-refractivity contribution in [3.05, 3.63) is 30.5 Å². The lowest BCUT2D eigenvalue weighted by Crippen LogP contribution is -2.51. The van der Waals surface area contributed by atoms with Crippen LogP contribution in [0.25, 0.3) is 11.0 Å². The number of hydrogen-bond donors (Lipinski definition) is 1. The molecule has 3 atom stereocenters. The number of fused-ring (bicyclic) bond motifs is 1. The largest absolute Gasteiger partial charge is 0.379 e. The third-order valence-electron chi connectivity index (χ3n) is 6.04. The summed E-state index contributed by atoms with van der Waals surface area (Å²) in [4.78, 5) is 26.5. The van der Waals surface area contributed by atoms with Gasteiger partial charge in [0.15, 0.2) is 0 Å². The average molecular weight is 383 g/mol. The van der Waals surface area contributed by atoms with Crippen LogP contribution < -0.4 is 5.32 Å². The smallest absolute Gasteiger partial charge is 0.225 e. The summed E-state index contributed by atoms with van der Waals surface area (Å²) in [6, 6.07) is 7.89. The molecule has 7 nitrogen and oxygen atoms in total. The van der Waals surface area contributed by atoms with Crippen molar-refractivity contribution in [1.29, 1.82) is 0 Å². The highest BCUT2D eigenvalue weighted by molar-refractivity contribution is 5.79. The molecule has 2 aromatic rings. The minimum atomic E-state index is 0.0423. The molecule has 0 spiro atoms. The molecule has 0 radical (unpaired) electrons. The molecular weight excluding hydrogens is 354 g/mol. The zero-order chi connectivity index (χ0) is 19.5. The minimum Gasteiger partial charge on any atom is -0.379 e. The highest BCUT2D eigenvalue weighted by Crippen LogP contribution is 2.30. The molecule has 28 heavy (non-hydrogen) atoms. The molecule has 1 N–H and O–H groups in total. The summed E-state index contributed by atoms with van der Waals surface area (Å²) in [5.74, 6) is 1.07. The second kappa shape index (κ2) is 8.41. The van der Waals surface area contributed by atoms with Crippen molar-refractivity contribution in [2.24, 2.45) is 5.92 Å². The van der Waals surface area contributed by atoms with Gasteiger partial charge in [0.2, 0.25) is 5.91 Å². The number of piperazine rings is 1. The topological polar surface area (TPSA) is 70.6 Å². The number of ether oxygens (including phenoxy) is 1. The Morgan fingerprint density at radius 1 is 1.14 bits per heavy atom. The first kappa shape index (κ1) is 19.1. The maximum absolute atomic E-state index is 13.0. The van der Waals surface area contributed by atoms with Crippen molar-refractivity contribution in [1.82, 2.24) is 19.8 Å². The number of hydrogen-bond acceptors (Lipinski definition) is 6. The van der Waals surface area contributed by atoms with E-state index in [0.29, 0.717) is 5.91 Å². The maximum Gasteiger partial charge on any atom is 0.225 e. The van der Waals surface area contributed by atoms with Gasteiger partial charge in [0, 0.05) is 39.2 Å². The third-order valence-corrected chi connectivity index (χ3v) is 6.04. The van der Waals surface area contributed by atoms with E-state index in [9.17, 15) is 4.79 Å². The van der Waals surface area contributed by atoms with Crippen LogP contribution in [-0.2, 0) is 9.53 Å². The molecule has 1 saturated carbocycles. The lowest BCUT2D eigenvalue weighted by molar-refractivity contribution is -0.139. The Hall–Kier alpha value is -2.25. The summed E-state index contributed by atoms with van der Waals surface area (Å²) in [5.41, 5.74) is 1.74.